The van der Waals surface area contributed by atoms with E-state index in [9.17, 15) is 4.79 Å². The summed E-state index contributed by atoms with van der Waals surface area (Å²) in [7, 11) is 1.77. The van der Waals surface area contributed by atoms with Gasteiger partial charge in [0, 0.05) is 18.2 Å². The van der Waals surface area contributed by atoms with Crippen LogP contribution >= 0.6 is 0 Å². The lowest BCUT2D eigenvalue weighted by atomic mass is 10.0. The van der Waals surface area contributed by atoms with Crippen molar-refractivity contribution in [1.82, 2.24) is 9.78 Å². The minimum atomic E-state index is -0.973. The standard InChI is InChI=1S/C13H14N2O2/c1-3-10-11(13(16)17)14-15(2)12(10)9-7-5-4-6-8-9/h4-8H,3H2,1-2H3,(H,16,17). The maximum atomic E-state index is 11.1. The van der Waals surface area contributed by atoms with E-state index in [1.54, 1.807) is 11.7 Å². The number of benzene rings is 1. The average molecular weight is 230 g/mol. The molecular formula is C13H14N2O2. The van der Waals surface area contributed by atoms with Crippen LogP contribution in [0.2, 0.25) is 0 Å². The predicted molar refractivity (Wildman–Crippen MR) is 65.0 cm³/mol. The van der Waals surface area contributed by atoms with E-state index in [4.69, 9.17) is 5.11 Å². The molecule has 0 saturated carbocycles. The number of nitrogens with zero attached hydrogens (tertiary/aromatic N) is 2. The molecule has 2 rings (SSSR count). The Bertz CT molecular complexity index is 544. The van der Waals surface area contributed by atoms with Crippen LogP contribution in [0.5, 0.6) is 0 Å². The van der Waals surface area contributed by atoms with E-state index in [0.717, 1.165) is 16.8 Å². The molecule has 0 saturated heterocycles. The van der Waals surface area contributed by atoms with E-state index < -0.39 is 5.97 Å². The van der Waals surface area contributed by atoms with Gasteiger partial charge in [0.2, 0.25) is 0 Å². The Morgan fingerprint density at radius 1 is 1.35 bits per heavy atom. The highest BCUT2D eigenvalue weighted by Gasteiger charge is 2.20. The van der Waals surface area contributed by atoms with Gasteiger partial charge in [-0.2, -0.15) is 5.10 Å². The highest BCUT2D eigenvalue weighted by atomic mass is 16.4. The molecule has 0 bridgehead atoms. The van der Waals surface area contributed by atoms with Gasteiger partial charge in [-0.25, -0.2) is 4.79 Å². The van der Waals surface area contributed by atoms with Gasteiger partial charge in [0.05, 0.1) is 5.69 Å². The van der Waals surface area contributed by atoms with Crippen molar-refractivity contribution in [3.8, 4) is 11.3 Å². The van der Waals surface area contributed by atoms with Crippen molar-refractivity contribution in [2.24, 2.45) is 7.05 Å². The van der Waals surface area contributed by atoms with Crippen LogP contribution in [0.25, 0.3) is 11.3 Å². The van der Waals surface area contributed by atoms with Crippen molar-refractivity contribution in [3.05, 3.63) is 41.6 Å². The molecule has 0 fully saturated rings. The van der Waals surface area contributed by atoms with Crippen molar-refractivity contribution in [3.63, 3.8) is 0 Å². The summed E-state index contributed by atoms with van der Waals surface area (Å²) in [6, 6.07) is 9.72. The van der Waals surface area contributed by atoms with Gasteiger partial charge in [-0.1, -0.05) is 37.3 Å². The summed E-state index contributed by atoms with van der Waals surface area (Å²) in [5, 5.41) is 13.2. The molecule has 1 heterocycles. The molecule has 0 aliphatic carbocycles. The lowest BCUT2D eigenvalue weighted by molar-refractivity contribution is 0.0688. The number of carbonyl (C=O) groups is 1. The van der Waals surface area contributed by atoms with E-state index in [0.29, 0.717) is 6.42 Å². The molecule has 4 nitrogen and oxygen atoms in total. The summed E-state index contributed by atoms with van der Waals surface area (Å²) in [6.07, 6.45) is 0.652. The zero-order chi connectivity index (χ0) is 12.4. The van der Waals surface area contributed by atoms with Gasteiger partial charge in [-0.3, -0.25) is 4.68 Å². The van der Waals surface area contributed by atoms with Crippen molar-refractivity contribution in [1.29, 1.82) is 0 Å². The molecular weight excluding hydrogens is 216 g/mol. The van der Waals surface area contributed by atoms with Crippen LogP contribution in [-0.2, 0) is 13.5 Å². The number of aromatic nitrogens is 2. The topological polar surface area (TPSA) is 55.1 Å². The summed E-state index contributed by atoms with van der Waals surface area (Å²) in [4.78, 5) is 11.1. The summed E-state index contributed by atoms with van der Waals surface area (Å²) in [5.74, 6) is -0.973. The minimum absolute atomic E-state index is 0.147. The summed E-state index contributed by atoms with van der Waals surface area (Å²) >= 11 is 0. The molecule has 0 unspecified atom stereocenters. The number of hydrogen-bond acceptors (Lipinski definition) is 2. The molecule has 2 aromatic rings. The third kappa shape index (κ3) is 1.93. The highest BCUT2D eigenvalue weighted by molar-refractivity contribution is 5.89. The van der Waals surface area contributed by atoms with Crippen molar-refractivity contribution in [2.45, 2.75) is 13.3 Å². The normalized spacial score (nSPS) is 10.5. The Morgan fingerprint density at radius 2 is 2.00 bits per heavy atom. The fourth-order valence-corrected chi connectivity index (χ4v) is 2.03. The average Bonchev–Trinajstić information content (AvgIpc) is 2.67. The monoisotopic (exact) mass is 230 g/mol. The third-order valence-corrected chi connectivity index (χ3v) is 2.75. The largest absolute Gasteiger partial charge is 0.476 e. The molecule has 0 spiro atoms. The van der Waals surface area contributed by atoms with Gasteiger partial charge in [0.15, 0.2) is 5.69 Å². The smallest absolute Gasteiger partial charge is 0.356 e. The molecule has 0 amide bonds. The van der Waals surface area contributed by atoms with Crippen LogP contribution in [0.15, 0.2) is 30.3 Å². The summed E-state index contributed by atoms with van der Waals surface area (Å²) < 4.78 is 1.64. The second kappa shape index (κ2) is 4.41. The van der Waals surface area contributed by atoms with E-state index in [1.165, 1.54) is 0 Å². The van der Waals surface area contributed by atoms with Crippen LogP contribution in [0.1, 0.15) is 23.0 Å². The fourth-order valence-electron chi connectivity index (χ4n) is 2.03. The Labute approximate surface area is 99.5 Å². The fraction of sp³-hybridized carbons (Fsp3) is 0.231. The molecule has 88 valence electrons. The lowest BCUT2D eigenvalue weighted by Gasteiger charge is -2.04. The van der Waals surface area contributed by atoms with E-state index in [-0.39, 0.29) is 5.69 Å². The molecule has 0 atom stereocenters. The second-order valence-electron chi connectivity index (χ2n) is 3.82. The molecule has 1 aromatic carbocycles. The van der Waals surface area contributed by atoms with Gasteiger partial charge in [-0.05, 0) is 6.42 Å². The molecule has 17 heavy (non-hydrogen) atoms. The molecule has 4 heteroatoms. The van der Waals surface area contributed by atoms with Crippen LogP contribution in [0.4, 0.5) is 0 Å². The molecule has 0 aliphatic rings. The van der Waals surface area contributed by atoms with Crippen molar-refractivity contribution in [2.75, 3.05) is 0 Å². The maximum absolute atomic E-state index is 11.1. The van der Waals surface area contributed by atoms with Crippen LogP contribution in [0, 0.1) is 0 Å². The first-order valence-corrected chi connectivity index (χ1v) is 5.49. The Morgan fingerprint density at radius 3 is 2.53 bits per heavy atom. The zero-order valence-electron chi connectivity index (χ0n) is 9.84. The van der Waals surface area contributed by atoms with E-state index >= 15 is 0 Å². The number of hydrogen-bond donors (Lipinski definition) is 1. The number of carboxylic acids is 1. The Balaban J connectivity index is 2.66. The van der Waals surface area contributed by atoms with Gasteiger partial charge in [0.25, 0.3) is 0 Å². The van der Waals surface area contributed by atoms with E-state index in [2.05, 4.69) is 5.10 Å². The first kappa shape index (κ1) is 11.4. The summed E-state index contributed by atoms with van der Waals surface area (Å²) in [5.41, 5.74) is 2.80. The first-order valence-electron chi connectivity index (χ1n) is 5.49. The number of carboxylic acid groups (broad SMARTS) is 1. The summed E-state index contributed by atoms with van der Waals surface area (Å²) in [6.45, 7) is 1.94. The molecule has 1 aromatic heterocycles. The Hall–Kier alpha value is -2.10. The van der Waals surface area contributed by atoms with Gasteiger partial charge < -0.3 is 5.11 Å². The maximum Gasteiger partial charge on any atom is 0.356 e. The van der Waals surface area contributed by atoms with Gasteiger partial charge >= 0.3 is 5.97 Å². The highest BCUT2D eigenvalue weighted by Crippen LogP contribution is 2.26. The number of aromatic carboxylic acids is 1. The molecule has 0 radical (unpaired) electrons. The van der Waals surface area contributed by atoms with Gasteiger partial charge in [-0.15, -0.1) is 0 Å². The number of aryl methyl sites for hydroxylation is 1. The minimum Gasteiger partial charge on any atom is -0.476 e. The molecule has 0 aliphatic heterocycles. The van der Waals surface area contributed by atoms with Crippen LogP contribution in [-0.4, -0.2) is 20.9 Å². The quantitative estimate of drug-likeness (QED) is 0.880. The van der Waals surface area contributed by atoms with Gasteiger partial charge in [0.1, 0.15) is 0 Å². The zero-order valence-corrected chi connectivity index (χ0v) is 9.84. The SMILES string of the molecule is CCc1c(C(=O)O)nn(C)c1-c1ccccc1. The second-order valence-corrected chi connectivity index (χ2v) is 3.82. The predicted octanol–water partition coefficient (Wildman–Crippen LogP) is 2.35. The van der Waals surface area contributed by atoms with Crippen molar-refractivity contribution < 1.29 is 9.90 Å². The van der Waals surface area contributed by atoms with Crippen LogP contribution < -0.4 is 0 Å². The molecule has 1 N–H and O–H groups in total. The Kier molecular flexibility index (Phi) is 2.95. The van der Waals surface area contributed by atoms with Crippen molar-refractivity contribution >= 4 is 5.97 Å². The lowest BCUT2D eigenvalue weighted by Crippen LogP contribution is -2.01. The number of rotatable bonds is 3. The van der Waals surface area contributed by atoms with Crippen LogP contribution in [0.3, 0.4) is 0 Å². The first-order chi connectivity index (χ1) is 8.15. The van der Waals surface area contributed by atoms with E-state index in [1.807, 2.05) is 37.3 Å². The third-order valence-electron chi connectivity index (χ3n) is 2.75.